The van der Waals surface area contributed by atoms with Crippen molar-refractivity contribution in [3.05, 3.63) is 0 Å². The van der Waals surface area contributed by atoms with Gasteiger partial charge in [0.05, 0.1) is 6.61 Å². The fourth-order valence-corrected chi connectivity index (χ4v) is 4.43. The molecule has 1 N–H and O–H groups in total. The van der Waals surface area contributed by atoms with E-state index in [1.54, 1.807) is 0 Å². The van der Waals surface area contributed by atoms with Crippen LogP contribution in [-0.2, 0) is 4.74 Å². The molecule has 1 unspecified atom stereocenters. The Morgan fingerprint density at radius 3 is 2.62 bits per heavy atom. The number of ether oxygens (including phenoxy) is 1. The van der Waals surface area contributed by atoms with E-state index in [4.69, 9.17) is 4.74 Å². The zero-order valence-corrected chi connectivity index (χ0v) is 14.1. The fraction of sp³-hybridized carbons (Fsp3) is 1.00. The van der Waals surface area contributed by atoms with Gasteiger partial charge in [-0.1, -0.05) is 26.2 Å². The van der Waals surface area contributed by atoms with E-state index < -0.39 is 0 Å². The van der Waals surface area contributed by atoms with E-state index in [1.165, 1.54) is 64.5 Å². The lowest BCUT2D eigenvalue weighted by molar-refractivity contribution is -0.0175. The van der Waals surface area contributed by atoms with Crippen LogP contribution in [0.25, 0.3) is 0 Å². The molecule has 3 nitrogen and oxygen atoms in total. The number of hydrogen-bond donors (Lipinski definition) is 1. The van der Waals surface area contributed by atoms with Gasteiger partial charge in [-0.05, 0) is 44.9 Å². The summed E-state index contributed by atoms with van der Waals surface area (Å²) < 4.78 is 5.86. The highest BCUT2D eigenvalue weighted by Crippen LogP contribution is 2.46. The van der Waals surface area contributed by atoms with Crippen LogP contribution in [0.5, 0.6) is 0 Å². The van der Waals surface area contributed by atoms with Gasteiger partial charge in [-0.15, -0.1) is 0 Å². The van der Waals surface area contributed by atoms with Gasteiger partial charge in [0.2, 0.25) is 0 Å². The molecule has 122 valence electrons. The smallest absolute Gasteiger partial charge is 0.0593 e. The van der Waals surface area contributed by atoms with Crippen LogP contribution in [0, 0.1) is 5.92 Å². The molecule has 0 aromatic heterocycles. The molecule has 0 bridgehead atoms. The SMILES string of the molecule is CCCCOCCN1CC2(CCCC2)NCC1(C)C1CC1. The highest BCUT2D eigenvalue weighted by Gasteiger charge is 2.52. The summed E-state index contributed by atoms with van der Waals surface area (Å²) in [4.78, 5) is 2.79. The van der Waals surface area contributed by atoms with Crippen molar-refractivity contribution in [2.45, 2.75) is 76.3 Å². The van der Waals surface area contributed by atoms with E-state index in [2.05, 4.69) is 24.1 Å². The summed E-state index contributed by atoms with van der Waals surface area (Å²) in [7, 11) is 0. The Bertz CT molecular complexity index is 336. The van der Waals surface area contributed by atoms with E-state index in [-0.39, 0.29) is 0 Å². The van der Waals surface area contributed by atoms with Gasteiger partial charge in [-0.2, -0.15) is 0 Å². The zero-order valence-electron chi connectivity index (χ0n) is 14.1. The first-order valence-corrected chi connectivity index (χ1v) is 9.26. The third kappa shape index (κ3) is 3.46. The summed E-state index contributed by atoms with van der Waals surface area (Å²) in [5.41, 5.74) is 0.805. The first-order chi connectivity index (χ1) is 10.2. The highest BCUT2D eigenvalue weighted by molar-refractivity contribution is 5.10. The van der Waals surface area contributed by atoms with Crippen LogP contribution in [0.4, 0.5) is 0 Å². The number of piperazine rings is 1. The minimum absolute atomic E-state index is 0.377. The molecule has 0 aromatic rings. The molecule has 1 spiro atoms. The van der Waals surface area contributed by atoms with Gasteiger partial charge in [0, 0.05) is 37.3 Å². The minimum Gasteiger partial charge on any atom is -0.380 e. The molecule has 21 heavy (non-hydrogen) atoms. The van der Waals surface area contributed by atoms with Crippen LogP contribution in [0.2, 0.25) is 0 Å². The van der Waals surface area contributed by atoms with E-state index in [0.29, 0.717) is 11.1 Å². The van der Waals surface area contributed by atoms with Crippen molar-refractivity contribution in [2.75, 3.05) is 32.8 Å². The molecule has 3 rings (SSSR count). The van der Waals surface area contributed by atoms with Crippen LogP contribution in [0.3, 0.4) is 0 Å². The first-order valence-electron chi connectivity index (χ1n) is 9.26. The summed E-state index contributed by atoms with van der Waals surface area (Å²) in [6.45, 7) is 10.1. The van der Waals surface area contributed by atoms with Crippen LogP contribution < -0.4 is 5.32 Å². The van der Waals surface area contributed by atoms with Gasteiger partial charge < -0.3 is 10.1 Å². The molecule has 1 aliphatic heterocycles. The van der Waals surface area contributed by atoms with Gasteiger partial charge in [-0.25, -0.2) is 0 Å². The second-order valence-corrected chi connectivity index (χ2v) is 7.86. The van der Waals surface area contributed by atoms with Crippen molar-refractivity contribution in [3.63, 3.8) is 0 Å². The van der Waals surface area contributed by atoms with Crippen molar-refractivity contribution in [2.24, 2.45) is 5.92 Å². The predicted molar refractivity (Wildman–Crippen MR) is 87.6 cm³/mol. The van der Waals surface area contributed by atoms with Gasteiger partial charge in [0.15, 0.2) is 0 Å². The Balaban J connectivity index is 1.57. The maximum atomic E-state index is 5.86. The average Bonchev–Trinajstić information content (AvgIpc) is 3.25. The molecule has 2 aliphatic carbocycles. The topological polar surface area (TPSA) is 24.5 Å². The molecule has 3 aliphatic rings. The summed E-state index contributed by atoms with van der Waals surface area (Å²) in [5.74, 6) is 0.916. The second-order valence-electron chi connectivity index (χ2n) is 7.86. The summed E-state index contributed by atoms with van der Waals surface area (Å²) in [6, 6.07) is 0. The van der Waals surface area contributed by atoms with Crippen molar-refractivity contribution >= 4 is 0 Å². The fourth-order valence-electron chi connectivity index (χ4n) is 4.43. The van der Waals surface area contributed by atoms with Gasteiger partial charge in [0.1, 0.15) is 0 Å². The summed E-state index contributed by atoms with van der Waals surface area (Å²) in [6.07, 6.45) is 10.9. The Labute approximate surface area is 130 Å². The van der Waals surface area contributed by atoms with E-state index in [0.717, 1.165) is 25.7 Å². The monoisotopic (exact) mass is 294 g/mol. The minimum atomic E-state index is 0.377. The third-order valence-electron chi connectivity index (χ3n) is 6.20. The standard InChI is InChI=1S/C18H34N2O/c1-3-4-12-21-13-11-20-15-18(9-5-6-10-18)19-14-17(20,2)16-7-8-16/h16,19H,3-15H2,1-2H3. The molecule has 2 saturated carbocycles. The van der Waals surface area contributed by atoms with Crippen molar-refractivity contribution in [1.29, 1.82) is 0 Å². The van der Waals surface area contributed by atoms with Crippen LogP contribution in [-0.4, -0.2) is 48.8 Å². The molecule has 3 heteroatoms. The number of nitrogens with zero attached hydrogens (tertiary/aromatic N) is 1. The van der Waals surface area contributed by atoms with E-state index in [1.807, 2.05) is 0 Å². The number of unbranched alkanes of at least 4 members (excludes halogenated alkanes) is 1. The van der Waals surface area contributed by atoms with Crippen molar-refractivity contribution < 1.29 is 4.74 Å². The van der Waals surface area contributed by atoms with Crippen molar-refractivity contribution in [1.82, 2.24) is 10.2 Å². The lowest BCUT2D eigenvalue weighted by Crippen LogP contribution is -2.69. The van der Waals surface area contributed by atoms with E-state index >= 15 is 0 Å². The van der Waals surface area contributed by atoms with Crippen molar-refractivity contribution in [3.8, 4) is 0 Å². The van der Waals surface area contributed by atoms with Crippen LogP contribution >= 0.6 is 0 Å². The molecule has 0 aromatic carbocycles. The summed E-state index contributed by atoms with van der Waals surface area (Å²) in [5, 5.41) is 3.96. The molecule has 1 saturated heterocycles. The first kappa shape index (κ1) is 15.8. The number of hydrogen-bond acceptors (Lipinski definition) is 3. The quantitative estimate of drug-likeness (QED) is 0.730. The molecule has 0 amide bonds. The number of rotatable bonds is 7. The predicted octanol–water partition coefficient (Wildman–Crippen LogP) is 3.19. The second kappa shape index (κ2) is 6.55. The Morgan fingerprint density at radius 1 is 1.19 bits per heavy atom. The molecule has 1 heterocycles. The zero-order chi connectivity index (χ0) is 14.8. The average molecular weight is 294 g/mol. The molecular formula is C18H34N2O. The van der Waals surface area contributed by atoms with Gasteiger partial charge in [-0.3, -0.25) is 4.90 Å². The lowest BCUT2D eigenvalue weighted by Gasteiger charge is -2.53. The maximum absolute atomic E-state index is 5.86. The summed E-state index contributed by atoms with van der Waals surface area (Å²) >= 11 is 0. The van der Waals surface area contributed by atoms with Gasteiger partial charge >= 0.3 is 0 Å². The van der Waals surface area contributed by atoms with Gasteiger partial charge in [0.25, 0.3) is 0 Å². The Morgan fingerprint density at radius 2 is 1.95 bits per heavy atom. The largest absolute Gasteiger partial charge is 0.380 e. The number of nitrogens with one attached hydrogen (secondary N) is 1. The Hall–Kier alpha value is -0.120. The molecule has 3 fully saturated rings. The highest BCUT2D eigenvalue weighted by atomic mass is 16.5. The van der Waals surface area contributed by atoms with E-state index in [9.17, 15) is 0 Å². The normalized spacial score (nSPS) is 32.9. The Kier molecular flexibility index (Phi) is 4.92. The molecule has 1 atom stereocenters. The van der Waals surface area contributed by atoms with Crippen LogP contribution in [0.1, 0.15) is 65.2 Å². The lowest BCUT2D eigenvalue weighted by atomic mass is 9.83. The van der Waals surface area contributed by atoms with Crippen LogP contribution in [0.15, 0.2) is 0 Å². The molecule has 0 radical (unpaired) electrons. The third-order valence-corrected chi connectivity index (χ3v) is 6.20. The molecular weight excluding hydrogens is 260 g/mol. The maximum Gasteiger partial charge on any atom is 0.0593 e.